The highest BCUT2D eigenvalue weighted by Gasteiger charge is 1.96. The first-order valence-corrected chi connectivity index (χ1v) is 6.46. The molecule has 2 aromatic carbocycles. The van der Waals surface area contributed by atoms with E-state index < -0.39 is 0 Å². The molecule has 0 saturated heterocycles. The molecule has 0 heterocycles. The highest BCUT2D eigenvalue weighted by molar-refractivity contribution is 6.30. The molecule has 0 radical (unpaired) electrons. The fourth-order valence-electron chi connectivity index (χ4n) is 1.64. The number of para-hydroxylation sites is 1. The van der Waals surface area contributed by atoms with Gasteiger partial charge < -0.3 is 5.11 Å². The quantitative estimate of drug-likeness (QED) is 0.848. The van der Waals surface area contributed by atoms with Crippen LogP contribution < -0.4 is 0 Å². The number of ketones is 1. The molecule has 0 spiro atoms. The van der Waals surface area contributed by atoms with E-state index >= 15 is 0 Å². The number of carbonyl (C=O) groups is 1. The molecule has 3 heteroatoms. The van der Waals surface area contributed by atoms with Crippen LogP contribution in [0.1, 0.15) is 11.1 Å². The van der Waals surface area contributed by atoms with Crippen molar-refractivity contribution in [3.8, 4) is 5.75 Å². The van der Waals surface area contributed by atoms with E-state index in [1.165, 1.54) is 12.2 Å². The van der Waals surface area contributed by atoms with Crippen molar-refractivity contribution in [2.75, 3.05) is 0 Å². The van der Waals surface area contributed by atoms with Crippen LogP contribution in [0.2, 0.25) is 5.02 Å². The molecule has 0 aliphatic carbocycles. The maximum Gasteiger partial charge on any atom is 0.178 e. The average molecular weight is 285 g/mol. The maximum atomic E-state index is 11.7. The second-order valence-corrected chi connectivity index (χ2v) is 4.62. The molecule has 0 aromatic heterocycles. The van der Waals surface area contributed by atoms with E-state index in [9.17, 15) is 9.90 Å². The number of hydrogen-bond donors (Lipinski definition) is 1. The van der Waals surface area contributed by atoms with E-state index in [4.69, 9.17) is 11.6 Å². The van der Waals surface area contributed by atoms with E-state index in [1.54, 1.807) is 48.6 Å². The number of allylic oxidation sites excluding steroid dienone is 2. The van der Waals surface area contributed by atoms with Crippen LogP contribution in [0.4, 0.5) is 0 Å². The topological polar surface area (TPSA) is 37.3 Å². The molecule has 0 saturated carbocycles. The second kappa shape index (κ2) is 6.73. The molecule has 0 fully saturated rings. The monoisotopic (exact) mass is 284 g/mol. The first kappa shape index (κ1) is 14.1. The van der Waals surface area contributed by atoms with Gasteiger partial charge >= 0.3 is 0 Å². The summed E-state index contributed by atoms with van der Waals surface area (Å²) in [5.74, 6) is -0.0106. The van der Waals surface area contributed by atoms with Crippen LogP contribution in [0.3, 0.4) is 0 Å². The molecule has 20 heavy (non-hydrogen) atoms. The molecule has 0 atom stereocenters. The minimum atomic E-state index is -0.159. The van der Waals surface area contributed by atoms with Gasteiger partial charge in [-0.3, -0.25) is 4.79 Å². The van der Waals surface area contributed by atoms with Crippen molar-refractivity contribution in [3.05, 3.63) is 76.8 Å². The molecule has 2 nitrogen and oxygen atoms in total. The van der Waals surface area contributed by atoms with Crippen molar-refractivity contribution in [1.82, 2.24) is 0 Å². The van der Waals surface area contributed by atoms with Crippen molar-refractivity contribution in [3.63, 3.8) is 0 Å². The van der Waals surface area contributed by atoms with Gasteiger partial charge in [0.1, 0.15) is 5.75 Å². The van der Waals surface area contributed by atoms with E-state index in [-0.39, 0.29) is 11.5 Å². The maximum absolute atomic E-state index is 11.7. The number of phenolic OH excluding ortho intramolecular Hbond substituents is 1. The largest absolute Gasteiger partial charge is 0.507 e. The lowest BCUT2D eigenvalue weighted by molar-refractivity contribution is -0.110. The van der Waals surface area contributed by atoms with E-state index in [0.717, 1.165) is 5.56 Å². The summed E-state index contributed by atoms with van der Waals surface area (Å²) in [6.07, 6.45) is 6.15. The number of halogens is 1. The Morgan fingerprint density at radius 2 is 1.75 bits per heavy atom. The molecule has 0 bridgehead atoms. The van der Waals surface area contributed by atoms with Crippen molar-refractivity contribution < 1.29 is 9.90 Å². The van der Waals surface area contributed by atoms with E-state index in [2.05, 4.69) is 0 Å². The van der Waals surface area contributed by atoms with Gasteiger partial charge in [0.15, 0.2) is 5.78 Å². The molecule has 0 unspecified atom stereocenters. The normalized spacial score (nSPS) is 11.2. The van der Waals surface area contributed by atoms with Gasteiger partial charge in [-0.1, -0.05) is 48.0 Å². The van der Waals surface area contributed by atoms with Crippen molar-refractivity contribution in [1.29, 1.82) is 0 Å². The van der Waals surface area contributed by atoms with E-state index in [0.29, 0.717) is 10.6 Å². The predicted octanol–water partition coefficient (Wildman–Crippen LogP) is 4.34. The summed E-state index contributed by atoms with van der Waals surface area (Å²) in [7, 11) is 0. The van der Waals surface area contributed by atoms with Crippen LogP contribution >= 0.6 is 11.6 Å². The number of benzene rings is 2. The molecule has 2 rings (SSSR count). The number of rotatable bonds is 4. The Labute approximate surface area is 122 Å². The smallest absolute Gasteiger partial charge is 0.178 e. The lowest BCUT2D eigenvalue weighted by Crippen LogP contribution is -1.85. The average Bonchev–Trinajstić information content (AvgIpc) is 2.44. The molecule has 2 aromatic rings. The zero-order valence-corrected chi connectivity index (χ0v) is 11.4. The van der Waals surface area contributed by atoms with Gasteiger partial charge in [-0.25, -0.2) is 0 Å². The fraction of sp³-hybridized carbons (Fsp3) is 0. The van der Waals surface area contributed by atoms with Crippen molar-refractivity contribution in [2.24, 2.45) is 0 Å². The Morgan fingerprint density at radius 3 is 2.50 bits per heavy atom. The van der Waals surface area contributed by atoms with Crippen molar-refractivity contribution >= 4 is 29.5 Å². The van der Waals surface area contributed by atoms with Gasteiger partial charge in [0.25, 0.3) is 0 Å². The van der Waals surface area contributed by atoms with Crippen LogP contribution in [0.25, 0.3) is 12.2 Å². The van der Waals surface area contributed by atoms with Gasteiger partial charge in [0.05, 0.1) is 0 Å². The first-order chi connectivity index (χ1) is 9.65. The minimum absolute atomic E-state index is 0.148. The fourth-order valence-corrected chi connectivity index (χ4v) is 1.84. The Balaban J connectivity index is 2.04. The predicted molar refractivity (Wildman–Crippen MR) is 82.6 cm³/mol. The third kappa shape index (κ3) is 4.11. The van der Waals surface area contributed by atoms with Gasteiger partial charge in [0, 0.05) is 10.6 Å². The zero-order valence-electron chi connectivity index (χ0n) is 10.7. The Kier molecular flexibility index (Phi) is 4.75. The molecule has 0 aliphatic rings. The van der Waals surface area contributed by atoms with Gasteiger partial charge in [0.2, 0.25) is 0 Å². The van der Waals surface area contributed by atoms with Gasteiger partial charge in [-0.15, -0.1) is 0 Å². The molecule has 1 N–H and O–H groups in total. The molecule has 100 valence electrons. The summed E-state index contributed by atoms with van der Waals surface area (Å²) in [6.45, 7) is 0. The minimum Gasteiger partial charge on any atom is -0.507 e. The van der Waals surface area contributed by atoms with Crippen LogP contribution in [0.15, 0.2) is 60.7 Å². The molecular formula is C17H13ClO2. The number of carbonyl (C=O) groups excluding carboxylic acids is 1. The Bertz CT molecular complexity index is 672. The third-order valence-corrected chi connectivity index (χ3v) is 2.89. The standard InChI is InChI=1S/C17H13ClO2/c18-15-6-3-4-13(12-15)8-10-16(19)11-9-14-5-1-2-7-17(14)20/h1-12,20H/b10-8+,11-9+. The lowest BCUT2D eigenvalue weighted by atomic mass is 10.1. The first-order valence-electron chi connectivity index (χ1n) is 6.09. The van der Waals surface area contributed by atoms with Gasteiger partial charge in [-0.05, 0) is 42.0 Å². The summed E-state index contributed by atoms with van der Waals surface area (Å²) in [6, 6.07) is 14.1. The van der Waals surface area contributed by atoms with Crippen LogP contribution in [0.5, 0.6) is 5.75 Å². The molecule has 0 aliphatic heterocycles. The van der Waals surface area contributed by atoms with Crippen LogP contribution in [-0.4, -0.2) is 10.9 Å². The highest BCUT2D eigenvalue weighted by atomic mass is 35.5. The summed E-state index contributed by atoms with van der Waals surface area (Å²) >= 11 is 5.86. The third-order valence-electron chi connectivity index (χ3n) is 2.65. The Hall–Kier alpha value is -2.32. The SMILES string of the molecule is O=C(/C=C/c1cccc(Cl)c1)/C=C/c1ccccc1O. The molecular weight excluding hydrogens is 272 g/mol. The lowest BCUT2D eigenvalue weighted by Gasteiger charge is -1.96. The summed E-state index contributed by atoms with van der Waals surface area (Å²) in [5, 5.41) is 10.2. The highest BCUT2D eigenvalue weighted by Crippen LogP contribution is 2.17. The Morgan fingerprint density at radius 1 is 1.00 bits per heavy atom. The summed E-state index contributed by atoms with van der Waals surface area (Å²) in [5.41, 5.74) is 1.47. The summed E-state index contributed by atoms with van der Waals surface area (Å²) < 4.78 is 0. The second-order valence-electron chi connectivity index (χ2n) is 4.18. The van der Waals surface area contributed by atoms with Crippen molar-refractivity contribution in [2.45, 2.75) is 0 Å². The molecule has 0 amide bonds. The van der Waals surface area contributed by atoms with Crippen LogP contribution in [-0.2, 0) is 4.79 Å². The number of aromatic hydroxyl groups is 1. The summed E-state index contributed by atoms with van der Waals surface area (Å²) in [4.78, 5) is 11.7. The number of phenols is 1. The number of hydrogen-bond acceptors (Lipinski definition) is 2. The zero-order chi connectivity index (χ0) is 14.4. The van der Waals surface area contributed by atoms with Crippen LogP contribution in [0, 0.1) is 0 Å². The van der Waals surface area contributed by atoms with Gasteiger partial charge in [-0.2, -0.15) is 0 Å². The van der Waals surface area contributed by atoms with E-state index in [1.807, 2.05) is 12.1 Å².